The molecule has 0 radical (unpaired) electrons. The third-order valence-corrected chi connectivity index (χ3v) is 5.86. The van der Waals surface area contributed by atoms with Crippen molar-refractivity contribution in [1.29, 1.82) is 0 Å². The van der Waals surface area contributed by atoms with E-state index < -0.39 is 0 Å². The number of amides is 1. The molecule has 0 spiro atoms. The number of nitrogens with one attached hydrogen (secondary N) is 1. The number of carbonyl (C=O) groups excluding carboxylic acids is 1. The van der Waals surface area contributed by atoms with E-state index in [4.69, 9.17) is 14.2 Å². The SMILES string of the molecule is CCOc1cc(C(=O)Nc2cccc(-c3nn4c(CC)nnc4s3)c2)cc(OCC)c1OCC. The van der Waals surface area contributed by atoms with E-state index in [0.29, 0.717) is 48.3 Å². The number of hydrogen-bond donors (Lipinski definition) is 1. The van der Waals surface area contributed by atoms with E-state index in [1.807, 2.05) is 52.0 Å². The van der Waals surface area contributed by atoms with Gasteiger partial charge in [0.05, 0.1) is 19.8 Å². The first kappa shape index (κ1) is 23.5. The average Bonchev–Trinajstić information content (AvgIpc) is 3.42. The van der Waals surface area contributed by atoms with Crippen molar-refractivity contribution in [1.82, 2.24) is 19.8 Å². The Kier molecular flexibility index (Phi) is 7.27. The van der Waals surface area contributed by atoms with Gasteiger partial charge in [-0.05, 0) is 45.0 Å². The lowest BCUT2D eigenvalue weighted by molar-refractivity contribution is 0.102. The Morgan fingerprint density at radius 3 is 2.32 bits per heavy atom. The molecule has 1 N–H and O–H groups in total. The van der Waals surface area contributed by atoms with Crippen molar-refractivity contribution in [2.24, 2.45) is 0 Å². The van der Waals surface area contributed by atoms with Crippen molar-refractivity contribution in [3.05, 3.63) is 47.8 Å². The zero-order valence-electron chi connectivity index (χ0n) is 19.6. The van der Waals surface area contributed by atoms with Crippen LogP contribution in [0.3, 0.4) is 0 Å². The van der Waals surface area contributed by atoms with Gasteiger partial charge in [-0.1, -0.05) is 30.4 Å². The summed E-state index contributed by atoms with van der Waals surface area (Å²) in [6.45, 7) is 8.99. The van der Waals surface area contributed by atoms with Gasteiger partial charge in [0, 0.05) is 23.2 Å². The number of hydrogen-bond acceptors (Lipinski definition) is 8. The highest BCUT2D eigenvalue weighted by atomic mass is 32.1. The maximum absolute atomic E-state index is 13.1. The number of carbonyl (C=O) groups is 1. The van der Waals surface area contributed by atoms with Gasteiger partial charge in [0.1, 0.15) is 5.01 Å². The lowest BCUT2D eigenvalue weighted by Crippen LogP contribution is -2.13. The molecule has 10 heteroatoms. The smallest absolute Gasteiger partial charge is 0.255 e. The summed E-state index contributed by atoms with van der Waals surface area (Å²) in [7, 11) is 0. The van der Waals surface area contributed by atoms with Crippen LogP contribution in [0, 0.1) is 0 Å². The van der Waals surface area contributed by atoms with E-state index in [2.05, 4.69) is 20.6 Å². The first-order valence-corrected chi connectivity index (χ1v) is 12.1. The van der Waals surface area contributed by atoms with Gasteiger partial charge in [-0.25, -0.2) is 0 Å². The molecule has 0 atom stereocenters. The molecule has 0 fully saturated rings. The van der Waals surface area contributed by atoms with Crippen molar-refractivity contribution in [3.8, 4) is 27.8 Å². The number of aryl methyl sites for hydroxylation is 1. The van der Waals surface area contributed by atoms with Crippen LogP contribution in [0.4, 0.5) is 5.69 Å². The van der Waals surface area contributed by atoms with Crippen molar-refractivity contribution in [2.45, 2.75) is 34.1 Å². The first-order valence-electron chi connectivity index (χ1n) is 11.3. The van der Waals surface area contributed by atoms with Crippen LogP contribution in [0.5, 0.6) is 17.2 Å². The van der Waals surface area contributed by atoms with E-state index in [-0.39, 0.29) is 5.91 Å². The number of rotatable bonds is 10. The molecule has 0 saturated heterocycles. The third kappa shape index (κ3) is 4.81. The molecule has 0 aliphatic rings. The number of fused-ring (bicyclic) bond motifs is 1. The highest BCUT2D eigenvalue weighted by molar-refractivity contribution is 7.19. The Bertz CT molecular complexity index is 1270. The summed E-state index contributed by atoms with van der Waals surface area (Å²) in [6, 6.07) is 10.9. The molecule has 0 aliphatic heterocycles. The van der Waals surface area contributed by atoms with Gasteiger partial charge in [-0.15, -0.1) is 10.2 Å². The Morgan fingerprint density at radius 1 is 0.971 bits per heavy atom. The van der Waals surface area contributed by atoms with Gasteiger partial charge in [0.25, 0.3) is 5.91 Å². The Labute approximate surface area is 201 Å². The fourth-order valence-corrected chi connectivity index (χ4v) is 4.30. The molecule has 2 aromatic carbocycles. The average molecular weight is 482 g/mol. The van der Waals surface area contributed by atoms with E-state index in [1.54, 1.807) is 16.6 Å². The van der Waals surface area contributed by atoms with Crippen LogP contribution in [0.1, 0.15) is 43.9 Å². The minimum Gasteiger partial charge on any atom is -0.490 e. The minimum atomic E-state index is -0.284. The molecule has 2 aromatic heterocycles. The number of nitrogens with zero attached hydrogens (tertiary/aromatic N) is 4. The van der Waals surface area contributed by atoms with Crippen LogP contribution in [-0.2, 0) is 6.42 Å². The molecule has 9 nitrogen and oxygen atoms in total. The van der Waals surface area contributed by atoms with Crippen LogP contribution in [0.15, 0.2) is 36.4 Å². The molecule has 0 unspecified atom stereocenters. The highest BCUT2D eigenvalue weighted by Crippen LogP contribution is 2.39. The maximum atomic E-state index is 13.1. The largest absolute Gasteiger partial charge is 0.490 e. The summed E-state index contributed by atoms with van der Waals surface area (Å²) in [4.78, 5) is 13.9. The van der Waals surface area contributed by atoms with Crippen LogP contribution in [0.2, 0.25) is 0 Å². The lowest BCUT2D eigenvalue weighted by atomic mass is 10.1. The zero-order valence-corrected chi connectivity index (χ0v) is 20.4. The summed E-state index contributed by atoms with van der Waals surface area (Å²) in [5, 5.41) is 16.7. The predicted molar refractivity (Wildman–Crippen MR) is 131 cm³/mol. The molecular formula is C24H27N5O4S. The van der Waals surface area contributed by atoms with E-state index >= 15 is 0 Å². The fourth-order valence-electron chi connectivity index (χ4n) is 3.45. The Morgan fingerprint density at radius 2 is 1.68 bits per heavy atom. The number of aromatic nitrogens is 4. The topological polar surface area (TPSA) is 99.9 Å². The normalized spacial score (nSPS) is 10.9. The molecule has 0 saturated carbocycles. The summed E-state index contributed by atoms with van der Waals surface area (Å²) < 4.78 is 18.9. The second-order valence-corrected chi connectivity index (χ2v) is 8.16. The molecule has 4 rings (SSSR count). The van der Waals surface area contributed by atoms with Gasteiger partial charge in [-0.2, -0.15) is 9.61 Å². The number of ether oxygens (including phenoxy) is 3. The third-order valence-electron chi connectivity index (χ3n) is 4.91. The predicted octanol–water partition coefficient (Wildman–Crippen LogP) is 4.86. The second kappa shape index (κ2) is 10.5. The van der Waals surface area contributed by atoms with Crippen molar-refractivity contribution < 1.29 is 19.0 Å². The van der Waals surface area contributed by atoms with Gasteiger partial charge >= 0.3 is 0 Å². The summed E-state index contributed by atoms with van der Waals surface area (Å²) in [5.41, 5.74) is 1.94. The van der Waals surface area contributed by atoms with Gasteiger partial charge in [0.15, 0.2) is 17.3 Å². The van der Waals surface area contributed by atoms with E-state index in [9.17, 15) is 4.79 Å². The molecule has 0 bridgehead atoms. The minimum absolute atomic E-state index is 0.284. The quantitative estimate of drug-likeness (QED) is 0.345. The Balaban J connectivity index is 1.61. The molecule has 34 heavy (non-hydrogen) atoms. The van der Waals surface area contributed by atoms with Crippen LogP contribution < -0.4 is 19.5 Å². The zero-order chi connectivity index (χ0) is 24.1. The van der Waals surface area contributed by atoms with E-state index in [0.717, 1.165) is 27.8 Å². The molecule has 1 amide bonds. The van der Waals surface area contributed by atoms with Crippen LogP contribution in [-0.4, -0.2) is 45.5 Å². The highest BCUT2D eigenvalue weighted by Gasteiger charge is 2.19. The Hall–Kier alpha value is -3.66. The molecule has 4 aromatic rings. The summed E-state index contributed by atoms with van der Waals surface area (Å²) in [5.74, 6) is 1.97. The second-order valence-electron chi connectivity index (χ2n) is 7.21. The van der Waals surface area contributed by atoms with Gasteiger partial charge < -0.3 is 19.5 Å². The van der Waals surface area contributed by atoms with Crippen LogP contribution in [0.25, 0.3) is 15.5 Å². The molecule has 178 valence electrons. The monoisotopic (exact) mass is 481 g/mol. The number of anilines is 1. The number of benzene rings is 2. The van der Waals surface area contributed by atoms with Crippen molar-refractivity contribution in [3.63, 3.8) is 0 Å². The van der Waals surface area contributed by atoms with Crippen molar-refractivity contribution >= 4 is 27.9 Å². The van der Waals surface area contributed by atoms with Gasteiger partial charge in [0.2, 0.25) is 10.7 Å². The maximum Gasteiger partial charge on any atom is 0.255 e. The first-order chi connectivity index (χ1) is 16.6. The summed E-state index contributed by atoms with van der Waals surface area (Å²) in [6.07, 6.45) is 0.746. The molecule has 2 heterocycles. The fraction of sp³-hybridized carbons (Fsp3) is 0.333. The lowest BCUT2D eigenvalue weighted by Gasteiger charge is -2.17. The molecule has 0 aliphatic carbocycles. The standard InChI is InChI=1S/C24H27N5O4S/c1-5-20-26-27-24-29(20)28-23(34-24)15-10-9-11-17(12-15)25-22(30)16-13-18(31-6-2)21(33-8-4)19(14-16)32-7-3/h9-14H,5-8H2,1-4H3,(H,25,30). The molecular weight excluding hydrogens is 454 g/mol. The van der Waals surface area contributed by atoms with Crippen molar-refractivity contribution in [2.75, 3.05) is 25.1 Å². The van der Waals surface area contributed by atoms with Gasteiger partial charge in [-0.3, -0.25) is 4.79 Å². The summed E-state index contributed by atoms with van der Waals surface area (Å²) >= 11 is 1.45. The van der Waals surface area contributed by atoms with Crippen LogP contribution >= 0.6 is 11.3 Å². The van der Waals surface area contributed by atoms with E-state index in [1.165, 1.54) is 11.3 Å².